The van der Waals surface area contributed by atoms with Gasteiger partial charge in [-0.15, -0.1) is 0 Å². The van der Waals surface area contributed by atoms with Gasteiger partial charge in [-0.2, -0.15) is 0 Å². The standard InChI is InChI=1S/C29H30F2N4O2/c1-20(36)34-16-11-22-17-25(8-10-28(22)34)35(29(37)32-27-9-7-23(30)18-26(27)31)24-12-14-33(15-13-24)19-21-5-3-2-4-6-21/h2-10,17-18,24H,11-16,19H2,1H3,(H,32,37). The molecule has 0 aliphatic carbocycles. The average molecular weight is 505 g/mol. The van der Waals surface area contributed by atoms with Crippen LogP contribution in [0.15, 0.2) is 66.7 Å². The van der Waals surface area contributed by atoms with Gasteiger partial charge in [-0.05, 0) is 60.7 Å². The van der Waals surface area contributed by atoms with E-state index in [9.17, 15) is 18.4 Å². The fraction of sp³-hybridized carbons (Fsp3) is 0.310. The molecular weight excluding hydrogens is 474 g/mol. The van der Waals surface area contributed by atoms with Gasteiger partial charge in [0.15, 0.2) is 0 Å². The van der Waals surface area contributed by atoms with Crippen LogP contribution in [0.25, 0.3) is 0 Å². The lowest BCUT2D eigenvalue weighted by atomic mass is 10.0. The second kappa shape index (κ2) is 10.7. The first-order chi connectivity index (χ1) is 17.9. The molecule has 3 aromatic carbocycles. The van der Waals surface area contributed by atoms with Gasteiger partial charge in [0.1, 0.15) is 11.6 Å². The third-order valence-corrected chi connectivity index (χ3v) is 7.18. The highest BCUT2D eigenvalue weighted by atomic mass is 19.1. The number of carbonyl (C=O) groups is 2. The Morgan fingerprint density at radius 3 is 2.43 bits per heavy atom. The lowest BCUT2D eigenvalue weighted by Crippen LogP contribution is -2.49. The Morgan fingerprint density at radius 2 is 1.73 bits per heavy atom. The lowest BCUT2D eigenvalue weighted by molar-refractivity contribution is -0.116. The number of fused-ring (bicyclic) bond motifs is 1. The van der Waals surface area contributed by atoms with E-state index in [-0.39, 0.29) is 17.6 Å². The maximum Gasteiger partial charge on any atom is 0.326 e. The number of piperidine rings is 1. The van der Waals surface area contributed by atoms with Crippen molar-refractivity contribution in [2.24, 2.45) is 0 Å². The summed E-state index contributed by atoms with van der Waals surface area (Å²) in [5.74, 6) is -1.54. The predicted octanol–water partition coefficient (Wildman–Crippen LogP) is 5.58. The number of hydrogen-bond donors (Lipinski definition) is 1. The van der Waals surface area contributed by atoms with Crippen LogP contribution in [-0.4, -0.2) is 42.5 Å². The fourth-order valence-corrected chi connectivity index (χ4v) is 5.30. The minimum atomic E-state index is -0.822. The molecule has 37 heavy (non-hydrogen) atoms. The molecule has 1 saturated heterocycles. The maximum absolute atomic E-state index is 14.4. The number of amides is 3. The summed E-state index contributed by atoms with van der Waals surface area (Å²) < 4.78 is 27.8. The normalized spacial score (nSPS) is 15.9. The molecule has 2 heterocycles. The van der Waals surface area contributed by atoms with E-state index in [1.807, 2.05) is 36.4 Å². The quantitative estimate of drug-likeness (QED) is 0.494. The highest BCUT2D eigenvalue weighted by Gasteiger charge is 2.31. The van der Waals surface area contributed by atoms with Crippen LogP contribution in [0.2, 0.25) is 0 Å². The third kappa shape index (κ3) is 5.49. The zero-order valence-corrected chi connectivity index (χ0v) is 20.8. The van der Waals surface area contributed by atoms with Gasteiger partial charge >= 0.3 is 6.03 Å². The molecule has 0 unspecified atom stereocenters. The van der Waals surface area contributed by atoms with Crippen LogP contribution in [0.1, 0.15) is 30.9 Å². The lowest BCUT2D eigenvalue weighted by Gasteiger charge is -2.38. The van der Waals surface area contributed by atoms with Crippen LogP contribution in [0.4, 0.5) is 30.6 Å². The van der Waals surface area contributed by atoms with Crippen molar-refractivity contribution in [2.75, 3.05) is 34.8 Å². The summed E-state index contributed by atoms with van der Waals surface area (Å²) in [7, 11) is 0. The molecule has 0 atom stereocenters. The smallest absolute Gasteiger partial charge is 0.312 e. The van der Waals surface area contributed by atoms with Crippen molar-refractivity contribution in [3.8, 4) is 0 Å². The SMILES string of the molecule is CC(=O)N1CCc2cc(N(C(=O)Nc3ccc(F)cc3F)C3CCN(Cc4ccccc4)CC3)ccc21. The van der Waals surface area contributed by atoms with Gasteiger partial charge in [0.25, 0.3) is 0 Å². The van der Waals surface area contributed by atoms with Crippen LogP contribution < -0.4 is 15.1 Å². The number of nitrogens with zero attached hydrogens (tertiary/aromatic N) is 3. The number of benzene rings is 3. The molecule has 0 saturated carbocycles. The van der Waals surface area contributed by atoms with Gasteiger partial charge in [-0.25, -0.2) is 13.6 Å². The molecule has 0 radical (unpaired) electrons. The number of rotatable bonds is 5. The van der Waals surface area contributed by atoms with Gasteiger partial charge in [0.05, 0.1) is 5.69 Å². The highest BCUT2D eigenvalue weighted by molar-refractivity contribution is 6.03. The molecule has 2 aliphatic heterocycles. The van der Waals surface area contributed by atoms with Crippen molar-refractivity contribution in [1.82, 2.24) is 4.90 Å². The first kappa shape index (κ1) is 24.9. The first-order valence-electron chi connectivity index (χ1n) is 12.6. The predicted molar refractivity (Wildman–Crippen MR) is 141 cm³/mol. The highest BCUT2D eigenvalue weighted by Crippen LogP contribution is 2.34. The fourth-order valence-electron chi connectivity index (χ4n) is 5.30. The van der Waals surface area contributed by atoms with Crippen molar-refractivity contribution in [3.63, 3.8) is 0 Å². The minimum Gasteiger partial charge on any atom is -0.312 e. The Kier molecular flexibility index (Phi) is 7.19. The number of nitrogens with one attached hydrogen (secondary N) is 1. The zero-order valence-electron chi connectivity index (χ0n) is 20.8. The van der Waals surface area contributed by atoms with E-state index in [0.29, 0.717) is 18.7 Å². The Labute approximate surface area is 215 Å². The molecule has 0 bridgehead atoms. The number of carbonyl (C=O) groups excluding carboxylic acids is 2. The van der Waals surface area contributed by atoms with Crippen molar-refractivity contribution in [2.45, 2.75) is 38.8 Å². The van der Waals surface area contributed by atoms with E-state index >= 15 is 0 Å². The second-order valence-corrected chi connectivity index (χ2v) is 9.65. The van der Waals surface area contributed by atoms with Gasteiger partial charge in [-0.3, -0.25) is 14.6 Å². The van der Waals surface area contributed by atoms with E-state index in [2.05, 4.69) is 22.3 Å². The van der Waals surface area contributed by atoms with Crippen LogP contribution in [0.5, 0.6) is 0 Å². The van der Waals surface area contributed by atoms with Crippen LogP contribution in [-0.2, 0) is 17.8 Å². The third-order valence-electron chi connectivity index (χ3n) is 7.18. The molecular formula is C29H30F2N4O2. The van der Waals surface area contributed by atoms with Crippen molar-refractivity contribution in [1.29, 1.82) is 0 Å². The maximum atomic E-state index is 14.4. The largest absolute Gasteiger partial charge is 0.326 e. The Balaban J connectivity index is 1.38. The van der Waals surface area contributed by atoms with Crippen LogP contribution in [0, 0.1) is 11.6 Å². The van der Waals surface area contributed by atoms with Gasteiger partial charge < -0.3 is 10.2 Å². The second-order valence-electron chi connectivity index (χ2n) is 9.65. The first-order valence-corrected chi connectivity index (χ1v) is 12.6. The van der Waals surface area contributed by atoms with E-state index in [0.717, 1.165) is 55.9 Å². The summed E-state index contributed by atoms with van der Waals surface area (Å²) in [6.07, 6.45) is 2.21. The number of urea groups is 1. The van der Waals surface area contributed by atoms with E-state index < -0.39 is 17.7 Å². The van der Waals surface area contributed by atoms with Gasteiger partial charge in [0, 0.05) is 56.6 Å². The Hall–Kier alpha value is -3.78. The van der Waals surface area contributed by atoms with E-state index in [4.69, 9.17) is 0 Å². The summed E-state index contributed by atoms with van der Waals surface area (Å²) in [6, 6.07) is 18.5. The Morgan fingerprint density at radius 1 is 0.973 bits per heavy atom. The molecule has 5 rings (SSSR count). The van der Waals surface area contributed by atoms with E-state index in [1.165, 1.54) is 11.6 Å². The minimum absolute atomic E-state index is 0.0151. The molecule has 2 aliphatic rings. The number of likely N-dealkylation sites (tertiary alicyclic amines) is 1. The zero-order chi connectivity index (χ0) is 25.9. The van der Waals surface area contributed by atoms with E-state index in [1.54, 1.807) is 16.7 Å². The van der Waals surface area contributed by atoms with Crippen molar-refractivity contribution in [3.05, 3.63) is 89.5 Å². The van der Waals surface area contributed by atoms with Crippen molar-refractivity contribution >= 4 is 29.0 Å². The number of halogens is 2. The summed E-state index contributed by atoms with van der Waals surface area (Å²) in [6.45, 7) is 4.64. The van der Waals surface area contributed by atoms with Crippen LogP contribution >= 0.6 is 0 Å². The molecule has 192 valence electrons. The Bertz CT molecular complexity index is 1290. The molecule has 3 amide bonds. The number of anilines is 3. The summed E-state index contributed by atoms with van der Waals surface area (Å²) in [4.78, 5) is 31.4. The monoisotopic (exact) mass is 504 g/mol. The molecule has 1 fully saturated rings. The van der Waals surface area contributed by atoms with Crippen molar-refractivity contribution < 1.29 is 18.4 Å². The summed E-state index contributed by atoms with van der Waals surface area (Å²) in [5.41, 5.74) is 3.74. The summed E-state index contributed by atoms with van der Waals surface area (Å²) >= 11 is 0. The molecule has 0 spiro atoms. The van der Waals surface area contributed by atoms with Crippen LogP contribution in [0.3, 0.4) is 0 Å². The van der Waals surface area contributed by atoms with Gasteiger partial charge in [-0.1, -0.05) is 30.3 Å². The van der Waals surface area contributed by atoms with Gasteiger partial charge in [0.2, 0.25) is 5.91 Å². The molecule has 6 nitrogen and oxygen atoms in total. The summed E-state index contributed by atoms with van der Waals surface area (Å²) in [5, 5.41) is 2.65. The molecule has 8 heteroatoms. The molecule has 0 aromatic heterocycles. The molecule has 1 N–H and O–H groups in total. The average Bonchev–Trinajstić information content (AvgIpc) is 3.31. The molecule has 3 aromatic rings. The number of hydrogen-bond acceptors (Lipinski definition) is 3. The topological polar surface area (TPSA) is 55.9 Å².